The molecule has 0 saturated carbocycles. The summed E-state index contributed by atoms with van der Waals surface area (Å²) in [5, 5.41) is 0. The van der Waals surface area contributed by atoms with Gasteiger partial charge in [-0.05, 0) is 24.1 Å². The minimum Gasteiger partial charge on any atom is -0.337 e. The number of aromatic nitrogens is 2. The number of carbonyl (C=O) groups excluding carboxylic acids is 1. The maximum Gasteiger partial charge on any atom is 0.274 e. The fraction of sp³-hybridized carbons (Fsp3) is 0.222. The Morgan fingerprint density at radius 3 is 2.73 bits per heavy atom. The van der Waals surface area contributed by atoms with Crippen LogP contribution in [0.1, 0.15) is 28.4 Å². The van der Waals surface area contributed by atoms with Gasteiger partial charge in [0.1, 0.15) is 11.3 Å². The van der Waals surface area contributed by atoms with Crippen molar-refractivity contribution >= 4 is 11.6 Å². The van der Waals surface area contributed by atoms with Gasteiger partial charge in [0.15, 0.2) is 0 Å². The van der Waals surface area contributed by atoms with Crippen LogP contribution in [0.3, 0.4) is 0 Å². The van der Waals surface area contributed by atoms with Crippen LogP contribution in [0.25, 0.3) is 5.65 Å². The van der Waals surface area contributed by atoms with Gasteiger partial charge in [0.25, 0.3) is 5.91 Å². The Hall–Kier alpha value is -2.62. The van der Waals surface area contributed by atoms with E-state index in [-0.39, 0.29) is 5.91 Å². The van der Waals surface area contributed by atoms with Crippen LogP contribution in [-0.2, 0) is 0 Å². The van der Waals surface area contributed by atoms with Gasteiger partial charge in [-0.1, -0.05) is 36.4 Å². The number of hydrogen-bond acceptors (Lipinski definition) is 2. The summed E-state index contributed by atoms with van der Waals surface area (Å²) >= 11 is 0. The van der Waals surface area contributed by atoms with Crippen molar-refractivity contribution in [2.75, 3.05) is 13.1 Å². The molecule has 1 atom stereocenters. The number of likely N-dealkylation sites (tertiary alicyclic amines) is 1. The highest BCUT2D eigenvalue weighted by Crippen LogP contribution is 2.27. The first kappa shape index (κ1) is 13.1. The highest BCUT2D eigenvalue weighted by atomic mass is 16.2. The zero-order chi connectivity index (χ0) is 14.9. The maximum atomic E-state index is 12.6. The molecule has 1 aliphatic rings. The summed E-state index contributed by atoms with van der Waals surface area (Å²) in [5.74, 6) is 0.462. The van der Waals surface area contributed by atoms with Crippen molar-refractivity contribution in [2.45, 2.75) is 12.3 Å². The number of hydrogen-bond donors (Lipinski definition) is 0. The quantitative estimate of drug-likeness (QED) is 0.728. The molecule has 0 radical (unpaired) electrons. The van der Waals surface area contributed by atoms with Crippen LogP contribution < -0.4 is 0 Å². The van der Waals surface area contributed by atoms with Gasteiger partial charge < -0.3 is 9.30 Å². The van der Waals surface area contributed by atoms with Crippen molar-refractivity contribution in [3.8, 4) is 0 Å². The number of imidazole rings is 1. The van der Waals surface area contributed by atoms with Crippen molar-refractivity contribution in [2.24, 2.45) is 0 Å². The third-order valence-corrected chi connectivity index (χ3v) is 4.33. The molecule has 1 aliphatic heterocycles. The van der Waals surface area contributed by atoms with Gasteiger partial charge in [0.2, 0.25) is 0 Å². The molecule has 1 unspecified atom stereocenters. The molecule has 0 aliphatic carbocycles. The molecule has 2 aromatic heterocycles. The highest BCUT2D eigenvalue weighted by Gasteiger charge is 2.28. The molecular weight excluding hydrogens is 274 g/mol. The van der Waals surface area contributed by atoms with Gasteiger partial charge in [-0.15, -0.1) is 0 Å². The predicted molar refractivity (Wildman–Crippen MR) is 84.9 cm³/mol. The first-order valence-electron chi connectivity index (χ1n) is 7.59. The van der Waals surface area contributed by atoms with Gasteiger partial charge in [0, 0.05) is 31.4 Å². The Labute approximate surface area is 129 Å². The van der Waals surface area contributed by atoms with Crippen molar-refractivity contribution in [3.05, 3.63) is 72.2 Å². The van der Waals surface area contributed by atoms with E-state index in [1.54, 1.807) is 0 Å². The lowest BCUT2D eigenvalue weighted by molar-refractivity contribution is 0.0785. The zero-order valence-corrected chi connectivity index (χ0v) is 12.2. The Balaban J connectivity index is 1.54. The molecule has 1 aromatic carbocycles. The highest BCUT2D eigenvalue weighted by molar-refractivity contribution is 5.93. The summed E-state index contributed by atoms with van der Waals surface area (Å²) < 4.78 is 1.89. The average Bonchev–Trinajstić information content (AvgIpc) is 3.22. The van der Waals surface area contributed by atoms with Crippen LogP contribution in [0, 0.1) is 0 Å². The minimum atomic E-state index is 0.0298. The molecule has 1 amide bonds. The monoisotopic (exact) mass is 291 g/mol. The summed E-state index contributed by atoms with van der Waals surface area (Å²) in [5.41, 5.74) is 2.65. The Morgan fingerprint density at radius 1 is 1.09 bits per heavy atom. The summed E-state index contributed by atoms with van der Waals surface area (Å²) in [6.07, 6.45) is 4.74. The third-order valence-electron chi connectivity index (χ3n) is 4.33. The molecular formula is C18H17N3O. The van der Waals surface area contributed by atoms with E-state index in [0.717, 1.165) is 25.2 Å². The van der Waals surface area contributed by atoms with E-state index in [0.29, 0.717) is 11.6 Å². The number of fused-ring (bicyclic) bond motifs is 1. The van der Waals surface area contributed by atoms with E-state index >= 15 is 0 Å². The Kier molecular flexibility index (Phi) is 3.15. The van der Waals surface area contributed by atoms with Gasteiger partial charge >= 0.3 is 0 Å². The second kappa shape index (κ2) is 5.30. The smallest absolute Gasteiger partial charge is 0.274 e. The summed E-state index contributed by atoms with van der Waals surface area (Å²) in [6, 6.07) is 16.2. The number of nitrogens with zero attached hydrogens (tertiary/aromatic N) is 3. The first-order chi connectivity index (χ1) is 10.8. The van der Waals surface area contributed by atoms with E-state index in [1.165, 1.54) is 5.56 Å². The Bertz CT molecular complexity index is 776. The van der Waals surface area contributed by atoms with Gasteiger partial charge in [-0.3, -0.25) is 4.79 Å². The van der Waals surface area contributed by atoms with E-state index in [4.69, 9.17) is 0 Å². The normalized spacial score (nSPS) is 18.0. The topological polar surface area (TPSA) is 37.6 Å². The molecule has 0 N–H and O–H groups in total. The fourth-order valence-electron chi connectivity index (χ4n) is 3.14. The molecule has 3 heterocycles. The van der Waals surface area contributed by atoms with Crippen LogP contribution in [-0.4, -0.2) is 33.3 Å². The molecule has 3 aromatic rings. The van der Waals surface area contributed by atoms with E-state index in [1.807, 2.05) is 46.0 Å². The molecule has 4 nitrogen and oxygen atoms in total. The lowest BCUT2D eigenvalue weighted by Gasteiger charge is -2.15. The van der Waals surface area contributed by atoms with Crippen LogP contribution in [0.2, 0.25) is 0 Å². The van der Waals surface area contributed by atoms with Crippen molar-refractivity contribution < 1.29 is 4.79 Å². The van der Waals surface area contributed by atoms with E-state index in [2.05, 4.69) is 29.2 Å². The molecule has 0 bridgehead atoms. The molecule has 1 saturated heterocycles. The van der Waals surface area contributed by atoms with Gasteiger partial charge in [-0.25, -0.2) is 4.98 Å². The number of benzene rings is 1. The summed E-state index contributed by atoms with van der Waals surface area (Å²) in [4.78, 5) is 19.0. The molecule has 4 heteroatoms. The largest absolute Gasteiger partial charge is 0.337 e. The lowest BCUT2D eigenvalue weighted by Crippen LogP contribution is -2.28. The maximum absolute atomic E-state index is 12.6. The van der Waals surface area contributed by atoms with E-state index in [9.17, 15) is 4.79 Å². The second-order valence-corrected chi connectivity index (χ2v) is 5.74. The molecule has 1 fully saturated rings. The summed E-state index contributed by atoms with van der Waals surface area (Å²) in [6.45, 7) is 1.57. The van der Waals surface area contributed by atoms with Crippen LogP contribution in [0.4, 0.5) is 0 Å². The fourth-order valence-corrected chi connectivity index (χ4v) is 3.14. The van der Waals surface area contributed by atoms with Crippen molar-refractivity contribution in [1.82, 2.24) is 14.3 Å². The van der Waals surface area contributed by atoms with Crippen LogP contribution >= 0.6 is 0 Å². The van der Waals surface area contributed by atoms with Crippen LogP contribution in [0.15, 0.2) is 60.9 Å². The minimum absolute atomic E-state index is 0.0298. The predicted octanol–water partition coefficient (Wildman–Crippen LogP) is 2.96. The molecule has 22 heavy (non-hydrogen) atoms. The SMILES string of the molecule is O=C(c1cn2ccccc2n1)N1CCC(c2ccccc2)C1. The van der Waals surface area contributed by atoms with Crippen LogP contribution in [0.5, 0.6) is 0 Å². The number of pyridine rings is 1. The van der Waals surface area contributed by atoms with Gasteiger partial charge in [0.05, 0.1) is 0 Å². The average molecular weight is 291 g/mol. The first-order valence-corrected chi connectivity index (χ1v) is 7.59. The lowest BCUT2D eigenvalue weighted by atomic mass is 9.99. The molecule has 4 rings (SSSR count). The molecule has 0 spiro atoms. The van der Waals surface area contributed by atoms with Crippen molar-refractivity contribution in [3.63, 3.8) is 0 Å². The second-order valence-electron chi connectivity index (χ2n) is 5.74. The number of carbonyl (C=O) groups is 1. The third kappa shape index (κ3) is 2.26. The number of amides is 1. The van der Waals surface area contributed by atoms with Gasteiger partial charge in [-0.2, -0.15) is 0 Å². The zero-order valence-electron chi connectivity index (χ0n) is 12.2. The molecule has 110 valence electrons. The Morgan fingerprint density at radius 2 is 1.91 bits per heavy atom. The standard InChI is InChI=1S/C18H17N3O/c22-18(16-13-20-10-5-4-8-17(20)19-16)21-11-9-15(12-21)14-6-2-1-3-7-14/h1-8,10,13,15H,9,11-12H2. The van der Waals surface area contributed by atoms with E-state index < -0.39 is 0 Å². The van der Waals surface area contributed by atoms with Crippen molar-refractivity contribution in [1.29, 1.82) is 0 Å². The summed E-state index contributed by atoms with van der Waals surface area (Å²) in [7, 11) is 0. The number of rotatable bonds is 2.